The van der Waals surface area contributed by atoms with Gasteiger partial charge in [-0.2, -0.15) is 5.26 Å². The third-order valence-corrected chi connectivity index (χ3v) is 3.41. The first-order chi connectivity index (χ1) is 7.27. The fourth-order valence-corrected chi connectivity index (χ4v) is 2.09. The monoisotopic (exact) mass is 208 g/mol. The highest BCUT2D eigenvalue weighted by Crippen LogP contribution is 2.40. The molecule has 0 aromatic carbocycles. The zero-order valence-electron chi connectivity index (χ0n) is 8.79. The SMILES string of the molecule is N#CC1(C(=O)NC2CCOCC2)CCC1. The fourth-order valence-electron chi connectivity index (χ4n) is 2.09. The van der Waals surface area contributed by atoms with E-state index < -0.39 is 5.41 Å². The summed E-state index contributed by atoms with van der Waals surface area (Å²) in [6.07, 6.45) is 4.17. The van der Waals surface area contributed by atoms with Gasteiger partial charge in [0.25, 0.3) is 0 Å². The molecule has 0 aromatic heterocycles. The second-order valence-electron chi connectivity index (χ2n) is 4.41. The van der Waals surface area contributed by atoms with Crippen LogP contribution >= 0.6 is 0 Å². The fraction of sp³-hybridized carbons (Fsp3) is 0.818. The molecule has 1 aliphatic heterocycles. The molecule has 0 spiro atoms. The number of nitrogens with zero attached hydrogens (tertiary/aromatic N) is 1. The Kier molecular flexibility index (Phi) is 2.92. The lowest BCUT2D eigenvalue weighted by Crippen LogP contribution is -2.49. The molecule has 1 aliphatic carbocycles. The van der Waals surface area contributed by atoms with Gasteiger partial charge in [0.15, 0.2) is 0 Å². The van der Waals surface area contributed by atoms with E-state index in [0.29, 0.717) is 13.2 Å². The third-order valence-electron chi connectivity index (χ3n) is 3.41. The summed E-state index contributed by atoms with van der Waals surface area (Å²) >= 11 is 0. The number of nitriles is 1. The first-order valence-electron chi connectivity index (χ1n) is 5.57. The van der Waals surface area contributed by atoms with Gasteiger partial charge in [-0.3, -0.25) is 4.79 Å². The molecular formula is C11H16N2O2. The van der Waals surface area contributed by atoms with Gasteiger partial charge in [0, 0.05) is 19.3 Å². The van der Waals surface area contributed by atoms with E-state index in [1.165, 1.54) is 0 Å². The number of carbonyl (C=O) groups excluding carboxylic acids is 1. The number of rotatable bonds is 2. The molecule has 1 amide bonds. The maximum atomic E-state index is 11.9. The Morgan fingerprint density at radius 3 is 2.53 bits per heavy atom. The summed E-state index contributed by atoms with van der Waals surface area (Å²) in [5.41, 5.74) is -0.710. The minimum atomic E-state index is -0.710. The Balaban J connectivity index is 1.88. The Labute approximate surface area is 89.6 Å². The van der Waals surface area contributed by atoms with Gasteiger partial charge in [-0.25, -0.2) is 0 Å². The summed E-state index contributed by atoms with van der Waals surface area (Å²) in [6, 6.07) is 2.37. The zero-order valence-corrected chi connectivity index (χ0v) is 8.79. The molecule has 0 radical (unpaired) electrons. The van der Waals surface area contributed by atoms with Crippen molar-refractivity contribution in [2.24, 2.45) is 5.41 Å². The highest BCUT2D eigenvalue weighted by Gasteiger charge is 2.45. The molecule has 1 N–H and O–H groups in total. The highest BCUT2D eigenvalue weighted by molar-refractivity contribution is 5.86. The molecule has 4 heteroatoms. The normalized spacial score (nSPS) is 25.0. The van der Waals surface area contributed by atoms with Crippen molar-refractivity contribution in [2.75, 3.05) is 13.2 Å². The lowest BCUT2D eigenvalue weighted by atomic mass is 9.69. The van der Waals surface area contributed by atoms with Gasteiger partial charge < -0.3 is 10.1 Å². The van der Waals surface area contributed by atoms with E-state index in [2.05, 4.69) is 11.4 Å². The molecule has 2 rings (SSSR count). The van der Waals surface area contributed by atoms with Gasteiger partial charge in [0.05, 0.1) is 6.07 Å². The average Bonchev–Trinajstić information content (AvgIpc) is 2.18. The standard InChI is InChI=1S/C11H16N2O2/c12-8-11(4-1-5-11)10(14)13-9-2-6-15-7-3-9/h9H,1-7H2,(H,13,14). The van der Waals surface area contributed by atoms with E-state index >= 15 is 0 Å². The van der Waals surface area contributed by atoms with Crippen molar-refractivity contribution in [3.63, 3.8) is 0 Å². The number of nitrogens with one attached hydrogen (secondary N) is 1. The summed E-state index contributed by atoms with van der Waals surface area (Å²) in [7, 11) is 0. The molecule has 2 aliphatic rings. The second-order valence-corrected chi connectivity index (χ2v) is 4.41. The third kappa shape index (κ3) is 1.98. The van der Waals surface area contributed by atoms with Crippen LogP contribution < -0.4 is 5.32 Å². The van der Waals surface area contributed by atoms with E-state index in [-0.39, 0.29) is 11.9 Å². The van der Waals surface area contributed by atoms with E-state index in [1.54, 1.807) is 0 Å². The molecule has 82 valence electrons. The molecule has 1 saturated carbocycles. The Hall–Kier alpha value is -1.08. The van der Waals surface area contributed by atoms with Crippen LogP contribution in [0, 0.1) is 16.7 Å². The number of hydrogen-bond acceptors (Lipinski definition) is 3. The summed E-state index contributed by atoms with van der Waals surface area (Å²) < 4.78 is 5.22. The van der Waals surface area contributed by atoms with E-state index in [1.807, 2.05) is 0 Å². The molecule has 0 atom stereocenters. The van der Waals surface area contributed by atoms with Crippen LogP contribution in [0.4, 0.5) is 0 Å². The largest absolute Gasteiger partial charge is 0.381 e. The Morgan fingerprint density at radius 1 is 1.40 bits per heavy atom. The maximum absolute atomic E-state index is 11.9. The second kappa shape index (κ2) is 4.19. The molecule has 0 bridgehead atoms. The lowest BCUT2D eigenvalue weighted by molar-refractivity contribution is -0.133. The summed E-state index contributed by atoms with van der Waals surface area (Å²) in [5, 5.41) is 12.0. The molecule has 2 fully saturated rings. The number of amides is 1. The zero-order chi connectivity index (χ0) is 10.7. The number of carbonyl (C=O) groups is 1. The van der Waals surface area contributed by atoms with E-state index in [4.69, 9.17) is 10.00 Å². The van der Waals surface area contributed by atoms with Gasteiger partial charge >= 0.3 is 0 Å². The van der Waals surface area contributed by atoms with Crippen molar-refractivity contribution in [3.8, 4) is 6.07 Å². The van der Waals surface area contributed by atoms with Crippen LogP contribution in [-0.4, -0.2) is 25.2 Å². The van der Waals surface area contributed by atoms with E-state index in [0.717, 1.165) is 32.1 Å². The van der Waals surface area contributed by atoms with Crippen molar-refractivity contribution >= 4 is 5.91 Å². The van der Waals surface area contributed by atoms with Gasteiger partial charge in [0.2, 0.25) is 5.91 Å². The van der Waals surface area contributed by atoms with Gasteiger partial charge in [-0.1, -0.05) is 0 Å². The quantitative estimate of drug-likeness (QED) is 0.735. The lowest BCUT2D eigenvalue weighted by Gasteiger charge is -2.35. The summed E-state index contributed by atoms with van der Waals surface area (Å²) in [6.45, 7) is 1.43. The average molecular weight is 208 g/mol. The van der Waals surface area contributed by atoms with Crippen LogP contribution in [-0.2, 0) is 9.53 Å². The van der Waals surface area contributed by atoms with Gasteiger partial charge in [-0.05, 0) is 32.1 Å². The van der Waals surface area contributed by atoms with Crippen molar-refractivity contribution in [1.29, 1.82) is 5.26 Å². The molecular weight excluding hydrogens is 192 g/mol. The maximum Gasteiger partial charge on any atom is 0.240 e. The first-order valence-corrected chi connectivity index (χ1v) is 5.57. The first kappa shape index (κ1) is 10.4. The topological polar surface area (TPSA) is 62.1 Å². The van der Waals surface area contributed by atoms with Crippen LogP contribution in [0.1, 0.15) is 32.1 Å². The number of hydrogen-bond donors (Lipinski definition) is 1. The van der Waals surface area contributed by atoms with Crippen LogP contribution in [0.3, 0.4) is 0 Å². The predicted octanol–water partition coefficient (Wildman–Crippen LogP) is 0.975. The van der Waals surface area contributed by atoms with E-state index in [9.17, 15) is 4.79 Å². The van der Waals surface area contributed by atoms with Crippen LogP contribution in [0.5, 0.6) is 0 Å². The minimum Gasteiger partial charge on any atom is -0.381 e. The van der Waals surface area contributed by atoms with Crippen LogP contribution in [0.15, 0.2) is 0 Å². The molecule has 0 aromatic rings. The van der Waals surface area contributed by atoms with Crippen molar-refractivity contribution < 1.29 is 9.53 Å². The Bertz CT molecular complexity index is 285. The Morgan fingerprint density at radius 2 is 2.07 bits per heavy atom. The molecule has 15 heavy (non-hydrogen) atoms. The predicted molar refractivity (Wildman–Crippen MR) is 53.9 cm³/mol. The van der Waals surface area contributed by atoms with Crippen LogP contribution in [0.25, 0.3) is 0 Å². The smallest absolute Gasteiger partial charge is 0.240 e. The van der Waals surface area contributed by atoms with Crippen molar-refractivity contribution in [2.45, 2.75) is 38.1 Å². The van der Waals surface area contributed by atoms with Gasteiger partial charge in [0.1, 0.15) is 5.41 Å². The number of ether oxygens (including phenoxy) is 1. The summed E-state index contributed by atoms with van der Waals surface area (Å²) in [5.74, 6) is -0.0665. The molecule has 1 saturated heterocycles. The van der Waals surface area contributed by atoms with Crippen molar-refractivity contribution in [1.82, 2.24) is 5.32 Å². The van der Waals surface area contributed by atoms with Crippen LogP contribution in [0.2, 0.25) is 0 Å². The van der Waals surface area contributed by atoms with Gasteiger partial charge in [-0.15, -0.1) is 0 Å². The molecule has 0 unspecified atom stereocenters. The molecule has 1 heterocycles. The highest BCUT2D eigenvalue weighted by atomic mass is 16.5. The van der Waals surface area contributed by atoms with Crippen molar-refractivity contribution in [3.05, 3.63) is 0 Å². The summed E-state index contributed by atoms with van der Waals surface area (Å²) in [4.78, 5) is 11.9. The minimum absolute atomic E-state index is 0.0665. The molecule has 4 nitrogen and oxygen atoms in total.